The third kappa shape index (κ3) is 4.65. The molecule has 1 aromatic carbocycles. The molecule has 0 aliphatic carbocycles. The number of hydrogen-bond donors (Lipinski definition) is 1. The molecule has 0 fully saturated rings. The molecule has 0 spiro atoms. The van der Waals surface area contributed by atoms with E-state index in [1.54, 1.807) is 34.8 Å². The number of allylic oxidation sites excluding steroid dienone is 1. The van der Waals surface area contributed by atoms with Crippen molar-refractivity contribution in [3.63, 3.8) is 0 Å². The molecule has 0 radical (unpaired) electrons. The number of aromatic nitrogens is 3. The summed E-state index contributed by atoms with van der Waals surface area (Å²) in [7, 11) is 0. The lowest BCUT2D eigenvalue weighted by Gasteiger charge is -2.23. The van der Waals surface area contributed by atoms with Crippen LogP contribution in [0.2, 0.25) is 0 Å². The first kappa shape index (κ1) is 20.0. The van der Waals surface area contributed by atoms with Crippen molar-refractivity contribution in [1.29, 1.82) is 0 Å². The minimum absolute atomic E-state index is 0.0781. The first-order valence-corrected chi connectivity index (χ1v) is 9.82. The Morgan fingerprint density at radius 3 is 2.63 bits per heavy atom. The third-order valence-electron chi connectivity index (χ3n) is 4.33. The molecule has 6 nitrogen and oxygen atoms in total. The van der Waals surface area contributed by atoms with Crippen LogP contribution in [0.3, 0.4) is 0 Å². The monoisotopic (exact) mass is 430 g/mol. The summed E-state index contributed by atoms with van der Waals surface area (Å²) >= 11 is 1.55. The molecule has 1 aliphatic heterocycles. The summed E-state index contributed by atoms with van der Waals surface area (Å²) in [5, 5.41) is 4.11. The minimum Gasteiger partial charge on any atom is -0.376 e. The number of aliphatic imine (C=N–C) groups is 1. The Labute approximate surface area is 174 Å². The van der Waals surface area contributed by atoms with Gasteiger partial charge in [-0.05, 0) is 36.3 Å². The van der Waals surface area contributed by atoms with E-state index >= 15 is 0 Å². The van der Waals surface area contributed by atoms with Crippen LogP contribution in [0.4, 0.5) is 24.5 Å². The average molecular weight is 430 g/mol. The van der Waals surface area contributed by atoms with Crippen molar-refractivity contribution in [2.75, 3.05) is 16.9 Å². The molecule has 1 N–H and O–H groups in total. The summed E-state index contributed by atoms with van der Waals surface area (Å²) in [6.07, 6.45) is 4.62. The van der Waals surface area contributed by atoms with E-state index in [1.807, 2.05) is 25.1 Å². The maximum Gasteiger partial charge on any atom is 0.433 e. The zero-order valence-electron chi connectivity index (χ0n) is 15.9. The van der Waals surface area contributed by atoms with E-state index in [4.69, 9.17) is 0 Å². The first-order chi connectivity index (χ1) is 14.4. The molecule has 154 valence electrons. The van der Waals surface area contributed by atoms with Gasteiger partial charge in [0, 0.05) is 18.1 Å². The fourth-order valence-corrected chi connectivity index (χ4v) is 3.77. The summed E-state index contributed by atoms with van der Waals surface area (Å²) in [5.74, 6) is 0. The van der Waals surface area contributed by atoms with Crippen LogP contribution in [0.15, 0.2) is 60.4 Å². The number of benzene rings is 1. The fourth-order valence-electron chi connectivity index (χ4n) is 2.93. The van der Waals surface area contributed by atoms with Crippen molar-refractivity contribution in [2.45, 2.75) is 19.6 Å². The van der Waals surface area contributed by atoms with Crippen molar-refractivity contribution >= 4 is 28.4 Å². The Hall–Kier alpha value is -3.27. The fraction of sp³-hybridized carbons (Fsp3) is 0.200. The van der Waals surface area contributed by atoms with Crippen LogP contribution in [0.5, 0.6) is 0 Å². The van der Waals surface area contributed by atoms with Crippen LogP contribution in [0, 0.1) is 6.92 Å². The SMILES string of the molecule is Cc1cc(-c2cnc(CNc3cncnc3)s2)cc(N2C=CC(C(F)(F)F)=NC2)c1. The topological polar surface area (TPSA) is 66.3 Å². The molecular formula is C20H17F3N6S. The van der Waals surface area contributed by atoms with Crippen LogP contribution in [0.25, 0.3) is 10.4 Å². The van der Waals surface area contributed by atoms with Gasteiger partial charge < -0.3 is 10.2 Å². The predicted octanol–water partition coefficient (Wildman–Crippen LogP) is 4.82. The van der Waals surface area contributed by atoms with Gasteiger partial charge >= 0.3 is 6.18 Å². The lowest BCUT2D eigenvalue weighted by Crippen LogP contribution is -2.29. The van der Waals surface area contributed by atoms with Gasteiger partial charge in [-0.25, -0.2) is 15.0 Å². The van der Waals surface area contributed by atoms with Crippen LogP contribution < -0.4 is 10.2 Å². The molecule has 1 aliphatic rings. The molecule has 0 atom stereocenters. The zero-order chi connectivity index (χ0) is 21.1. The van der Waals surface area contributed by atoms with Crippen LogP contribution >= 0.6 is 11.3 Å². The largest absolute Gasteiger partial charge is 0.433 e. The summed E-state index contributed by atoms with van der Waals surface area (Å²) in [6, 6.07) is 5.87. The highest BCUT2D eigenvalue weighted by atomic mass is 32.1. The molecule has 30 heavy (non-hydrogen) atoms. The number of aryl methyl sites for hydroxylation is 1. The molecule has 4 rings (SSSR count). The van der Waals surface area contributed by atoms with Crippen molar-refractivity contribution < 1.29 is 13.2 Å². The predicted molar refractivity (Wildman–Crippen MR) is 112 cm³/mol. The second-order valence-electron chi connectivity index (χ2n) is 6.62. The Morgan fingerprint density at radius 1 is 1.13 bits per heavy atom. The van der Waals surface area contributed by atoms with E-state index in [1.165, 1.54) is 12.5 Å². The van der Waals surface area contributed by atoms with E-state index in [9.17, 15) is 13.2 Å². The summed E-state index contributed by atoms with van der Waals surface area (Å²) in [4.78, 5) is 18.7. The summed E-state index contributed by atoms with van der Waals surface area (Å²) < 4.78 is 38.3. The number of nitrogens with zero attached hydrogens (tertiary/aromatic N) is 5. The maximum atomic E-state index is 12.8. The number of halogens is 3. The molecule has 0 saturated carbocycles. The van der Waals surface area contributed by atoms with Crippen LogP contribution in [-0.4, -0.2) is 33.5 Å². The highest BCUT2D eigenvalue weighted by Gasteiger charge is 2.34. The molecule has 0 bridgehead atoms. The molecular weight excluding hydrogens is 413 g/mol. The zero-order valence-corrected chi connectivity index (χ0v) is 16.7. The van der Waals surface area contributed by atoms with E-state index < -0.39 is 11.9 Å². The van der Waals surface area contributed by atoms with Gasteiger partial charge in [-0.3, -0.25) is 4.99 Å². The van der Waals surface area contributed by atoms with Gasteiger partial charge in [-0.15, -0.1) is 11.3 Å². The van der Waals surface area contributed by atoms with Crippen molar-refractivity contribution in [1.82, 2.24) is 15.0 Å². The normalized spacial score (nSPS) is 14.0. The summed E-state index contributed by atoms with van der Waals surface area (Å²) in [5.41, 5.74) is 2.67. The summed E-state index contributed by atoms with van der Waals surface area (Å²) in [6.45, 7) is 2.41. The quantitative estimate of drug-likeness (QED) is 0.629. The molecule has 0 unspecified atom stereocenters. The molecule has 0 amide bonds. The molecule has 2 aromatic heterocycles. The van der Waals surface area contributed by atoms with Gasteiger partial charge in [0.25, 0.3) is 0 Å². The van der Waals surface area contributed by atoms with Crippen molar-refractivity contribution in [2.24, 2.45) is 4.99 Å². The molecule has 3 aromatic rings. The Kier molecular flexibility index (Phi) is 5.49. The number of thiazole rings is 1. The van der Waals surface area contributed by atoms with Crippen LogP contribution in [-0.2, 0) is 6.54 Å². The third-order valence-corrected chi connectivity index (χ3v) is 5.38. The van der Waals surface area contributed by atoms with Gasteiger partial charge in [0.15, 0.2) is 0 Å². The smallest absolute Gasteiger partial charge is 0.376 e. The number of rotatable bonds is 5. The van der Waals surface area contributed by atoms with Crippen molar-refractivity contribution in [3.8, 4) is 10.4 Å². The lowest BCUT2D eigenvalue weighted by atomic mass is 10.1. The second kappa shape index (κ2) is 8.23. The maximum absolute atomic E-state index is 12.8. The Bertz CT molecular complexity index is 1090. The Morgan fingerprint density at radius 2 is 1.93 bits per heavy atom. The van der Waals surface area contributed by atoms with E-state index in [0.29, 0.717) is 6.54 Å². The van der Waals surface area contributed by atoms with Crippen LogP contribution in [0.1, 0.15) is 10.6 Å². The molecule has 0 saturated heterocycles. The van der Waals surface area contributed by atoms with Gasteiger partial charge in [0.2, 0.25) is 0 Å². The van der Waals surface area contributed by atoms with Gasteiger partial charge in [0.1, 0.15) is 23.7 Å². The standard InChI is InChI=1S/C20H17F3N6S/c1-13-4-14(6-16(5-13)29-3-2-18(28-12-29)20(21,22)23)17-9-27-19(30-17)10-26-15-7-24-11-25-8-15/h2-9,11,26H,10,12H2,1H3. The van der Waals surface area contributed by atoms with Gasteiger partial charge in [-0.1, -0.05) is 6.07 Å². The van der Waals surface area contributed by atoms with E-state index in [0.717, 1.165) is 38.5 Å². The van der Waals surface area contributed by atoms with Gasteiger partial charge in [-0.2, -0.15) is 13.2 Å². The lowest BCUT2D eigenvalue weighted by molar-refractivity contribution is -0.0579. The number of nitrogens with one attached hydrogen (secondary N) is 1. The number of alkyl halides is 3. The highest BCUT2D eigenvalue weighted by Crippen LogP contribution is 2.32. The Balaban J connectivity index is 1.50. The minimum atomic E-state index is -4.43. The van der Waals surface area contributed by atoms with Gasteiger partial charge in [0.05, 0.1) is 29.5 Å². The second-order valence-corrected chi connectivity index (χ2v) is 7.74. The number of anilines is 2. The van der Waals surface area contributed by atoms with Crippen molar-refractivity contribution in [3.05, 3.63) is 66.0 Å². The van der Waals surface area contributed by atoms with E-state index in [-0.39, 0.29) is 6.67 Å². The average Bonchev–Trinajstić information content (AvgIpc) is 3.21. The highest BCUT2D eigenvalue weighted by molar-refractivity contribution is 7.15. The first-order valence-electron chi connectivity index (χ1n) is 9.00. The van der Waals surface area contributed by atoms with E-state index in [2.05, 4.69) is 25.3 Å². The number of hydrogen-bond acceptors (Lipinski definition) is 7. The molecule has 3 heterocycles. The molecule has 10 heteroatoms.